The number of benzene rings is 1. The maximum Gasteiger partial charge on any atom is 0.330 e. The Morgan fingerprint density at radius 1 is 0.860 bits per heavy atom. The molecule has 0 heterocycles. The lowest BCUT2D eigenvalue weighted by molar-refractivity contribution is -0.206. The van der Waals surface area contributed by atoms with Crippen molar-refractivity contribution in [1.29, 1.82) is 0 Å². The smallest absolute Gasteiger partial charge is 0.330 e. The number of carbonyl (C=O) groups excluding carboxylic acids is 3. The summed E-state index contributed by atoms with van der Waals surface area (Å²) in [6.45, 7) is 20.2. The topological polar surface area (TPSA) is 99.1 Å². The summed E-state index contributed by atoms with van der Waals surface area (Å²) >= 11 is 0. The van der Waals surface area contributed by atoms with Crippen LogP contribution in [-0.2, 0) is 19.1 Å². The summed E-state index contributed by atoms with van der Waals surface area (Å²) < 4.78 is 16.6. The zero-order chi connectivity index (χ0) is 36.4. The largest absolute Gasteiger partial charge is 0.462 e. The second-order valence-corrected chi connectivity index (χ2v) is 18.2. The van der Waals surface area contributed by atoms with E-state index < -0.39 is 17.9 Å². The Morgan fingerprint density at radius 3 is 2.26 bits per heavy atom. The van der Waals surface area contributed by atoms with E-state index in [2.05, 4.69) is 54.5 Å². The molecule has 1 aromatic carbocycles. The highest BCUT2D eigenvalue weighted by molar-refractivity contribution is 5.87. The van der Waals surface area contributed by atoms with Crippen LogP contribution in [0.4, 0.5) is 0 Å². The van der Waals surface area contributed by atoms with Crippen LogP contribution < -0.4 is 9.47 Å². The monoisotopic (exact) mass is 688 g/mol. The van der Waals surface area contributed by atoms with E-state index in [9.17, 15) is 19.5 Å². The highest BCUT2D eigenvalue weighted by atomic mass is 16.6. The number of hydrogen-bond acceptors (Lipinski definition) is 7. The van der Waals surface area contributed by atoms with Crippen molar-refractivity contribution in [3.05, 3.63) is 41.5 Å². The highest BCUT2D eigenvalue weighted by Crippen LogP contribution is 2.75. The molecular formula is C43H60O7. The fraction of sp³-hybridized carbons (Fsp3) is 0.698. The molecule has 0 spiro atoms. The molecule has 0 aromatic heterocycles. The van der Waals surface area contributed by atoms with Crippen LogP contribution in [0.25, 0.3) is 6.08 Å². The molecule has 10 atom stereocenters. The predicted octanol–water partition coefficient (Wildman–Crippen LogP) is 9.11. The van der Waals surface area contributed by atoms with E-state index in [1.165, 1.54) is 32.8 Å². The number of aliphatic hydroxyl groups excluding tert-OH is 1. The summed E-state index contributed by atoms with van der Waals surface area (Å²) in [7, 11) is 0. The van der Waals surface area contributed by atoms with Gasteiger partial charge in [-0.05, 0) is 133 Å². The van der Waals surface area contributed by atoms with Crippen LogP contribution in [-0.4, -0.2) is 35.7 Å². The molecule has 274 valence electrons. The lowest BCUT2D eigenvalue weighted by atomic mass is 9.33. The molecule has 7 heteroatoms. The quantitative estimate of drug-likeness (QED) is 0.138. The summed E-state index contributed by atoms with van der Waals surface area (Å²) in [5.74, 6) is 1.39. The average Bonchev–Trinajstić information content (AvgIpc) is 3.04. The van der Waals surface area contributed by atoms with Crippen LogP contribution in [0.5, 0.6) is 11.5 Å². The van der Waals surface area contributed by atoms with Crippen molar-refractivity contribution in [2.45, 2.75) is 126 Å². The van der Waals surface area contributed by atoms with Crippen molar-refractivity contribution in [3.63, 3.8) is 0 Å². The molecule has 6 rings (SSSR count). The molecule has 5 aliphatic carbocycles. The molecule has 1 aromatic rings. The van der Waals surface area contributed by atoms with E-state index in [0.717, 1.165) is 44.9 Å². The Labute approximate surface area is 299 Å². The Balaban J connectivity index is 1.24. The molecule has 0 bridgehead atoms. The van der Waals surface area contributed by atoms with E-state index in [0.29, 0.717) is 41.8 Å². The Bertz CT molecular complexity index is 1590. The Kier molecular flexibility index (Phi) is 9.53. The van der Waals surface area contributed by atoms with Crippen LogP contribution in [0.2, 0.25) is 0 Å². The van der Waals surface area contributed by atoms with Crippen molar-refractivity contribution in [1.82, 2.24) is 0 Å². The van der Waals surface area contributed by atoms with E-state index in [-0.39, 0.29) is 44.7 Å². The van der Waals surface area contributed by atoms with Gasteiger partial charge in [0.15, 0.2) is 11.5 Å². The summed E-state index contributed by atoms with van der Waals surface area (Å²) in [6.07, 6.45) is 15.3. The third-order valence-electron chi connectivity index (χ3n) is 15.5. The van der Waals surface area contributed by atoms with Crippen molar-refractivity contribution in [3.8, 4) is 11.5 Å². The minimum Gasteiger partial charge on any atom is -0.462 e. The average molecular weight is 689 g/mol. The van der Waals surface area contributed by atoms with Crippen molar-refractivity contribution < 1.29 is 33.7 Å². The van der Waals surface area contributed by atoms with E-state index >= 15 is 0 Å². The number of aliphatic hydroxyl groups is 1. The minimum absolute atomic E-state index is 0.0649. The van der Waals surface area contributed by atoms with E-state index in [4.69, 9.17) is 14.2 Å². The molecule has 0 aliphatic heterocycles. The number of ether oxygens (including phenoxy) is 3. The number of fused-ring (bicyclic) bond motifs is 7. The number of allylic oxidation sites excluding steroid dienone is 2. The maximum absolute atomic E-state index is 13.3. The molecule has 1 N–H and O–H groups in total. The SMILES string of the molecule is CC(=O)Oc1ccc(/C=C/C(=O)OC[C@]23CC[C@@H](C)[C@H](C)[C@H]2C2=CC[C@@H]4[C@@]5(C)CC[C@H](O)C(C)(C)[C@@H]5CC[C@@]4(C)[C@]2(C)CC3)cc1OC(C)=O. The second kappa shape index (κ2) is 12.9. The number of carbonyl (C=O) groups is 3. The van der Waals surface area contributed by atoms with Crippen molar-refractivity contribution in [2.75, 3.05) is 6.61 Å². The fourth-order valence-corrected chi connectivity index (χ4v) is 12.4. The van der Waals surface area contributed by atoms with Gasteiger partial charge in [-0.25, -0.2) is 4.79 Å². The van der Waals surface area contributed by atoms with Crippen LogP contribution >= 0.6 is 0 Å². The second-order valence-electron chi connectivity index (χ2n) is 18.2. The fourth-order valence-electron chi connectivity index (χ4n) is 12.4. The molecule has 4 saturated carbocycles. The first-order valence-electron chi connectivity index (χ1n) is 19.1. The van der Waals surface area contributed by atoms with Crippen LogP contribution in [0.15, 0.2) is 35.9 Å². The third kappa shape index (κ3) is 5.87. The molecule has 50 heavy (non-hydrogen) atoms. The standard InChI is InChI=1S/C43H60O7/c1-26-16-21-43(25-48-37(47)15-11-30-10-13-32(49-28(3)44)33(24-30)50-29(4)45)23-22-41(8)31(38(43)27(26)2)12-14-35-40(7)19-18-36(46)39(5,6)34(40)17-20-42(35,41)9/h10-13,15,24,26-27,34-36,38,46H,14,16-23,25H2,1-9H3/b15-11+/t26-,27+,34+,35-,36+,38+,40+,41-,42-,43-/m1/s1. The van der Waals surface area contributed by atoms with Gasteiger partial charge in [0.05, 0.1) is 12.7 Å². The molecule has 4 fully saturated rings. The number of rotatable bonds is 6. The van der Waals surface area contributed by atoms with Gasteiger partial charge in [0.25, 0.3) is 0 Å². The third-order valence-corrected chi connectivity index (χ3v) is 15.5. The van der Waals surface area contributed by atoms with Crippen LogP contribution in [0.1, 0.15) is 126 Å². The van der Waals surface area contributed by atoms with Crippen molar-refractivity contribution >= 4 is 24.0 Å². The predicted molar refractivity (Wildman–Crippen MR) is 194 cm³/mol. The number of hydrogen-bond donors (Lipinski definition) is 1. The lowest BCUT2D eigenvalue weighted by Crippen LogP contribution is -2.65. The van der Waals surface area contributed by atoms with Crippen LogP contribution in [0, 0.1) is 56.7 Å². The first-order chi connectivity index (χ1) is 23.4. The number of esters is 3. The molecule has 5 aliphatic rings. The van der Waals surface area contributed by atoms with E-state index in [1.807, 2.05) is 0 Å². The molecule has 0 radical (unpaired) electrons. The van der Waals surface area contributed by atoms with Crippen molar-refractivity contribution in [2.24, 2.45) is 56.7 Å². The molecular weight excluding hydrogens is 628 g/mol. The normalized spacial score (nSPS) is 40.3. The summed E-state index contributed by atoms with van der Waals surface area (Å²) in [4.78, 5) is 36.4. The molecule has 7 nitrogen and oxygen atoms in total. The van der Waals surface area contributed by atoms with E-state index in [1.54, 1.807) is 29.8 Å². The summed E-state index contributed by atoms with van der Waals surface area (Å²) in [5.41, 5.74) is 2.58. The van der Waals surface area contributed by atoms with Gasteiger partial charge in [-0.1, -0.05) is 66.2 Å². The zero-order valence-electron chi connectivity index (χ0n) is 31.9. The molecule has 0 saturated heterocycles. The van der Waals surface area contributed by atoms with Gasteiger partial charge in [0.2, 0.25) is 0 Å². The van der Waals surface area contributed by atoms with Gasteiger partial charge in [-0.3, -0.25) is 9.59 Å². The van der Waals surface area contributed by atoms with Gasteiger partial charge < -0.3 is 19.3 Å². The first kappa shape index (κ1) is 36.8. The highest BCUT2D eigenvalue weighted by Gasteiger charge is 2.68. The Morgan fingerprint density at radius 2 is 1.56 bits per heavy atom. The molecule has 0 unspecified atom stereocenters. The first-order valence-corrected chi connectivity index (χ1v) is 19.1. The summed E-state index contributed by atoms with van der Waals surface area (Å²) in [5, 5.41) is 11.1. The van der Waals surface area contributed by atoms with Gasteiger partial charge >= 0.3 is 17.9 Å². The van der Waals surface area contributed by atoms with Gasteiger partial charge in [0.1, 0.15) is 0 Å². The van der Waals surface area contributed by atoms with Gasteiger partial charge in [-0.15, -0.1) is 0 Å². The maximum atomic E-state index is 13.3. The van der Waals surface area contributed by atoms with Gasteiger partial charge in [-0.2, -0.15) is 0 Å². The minimum atomic E-state index is -0.537. The van der Waals surface area contributed by atoms with Gasteiger partial charge in [0, 0.05) is 25.3 Å². The zero-order valence-corrected chi connectivity index (χ0v) is 31.9. The lowest BCUT2D eigenvalue weighted by Gasteiger charge is -2.71. The molecule has 0 amide bonds. The Hall–Kier alpha value is -2.93. The summed E-state index contributed by atoms with van der Waals surface area (Å²) in [6, 6.07) is 4.81. The van der Waals surface area contributed by atoms with Crippen LogP contribution in [0.3, 0.4) is 0 Å².